The van der Waals surface area contributed by atoms with Crippen molar-refractivity contribution in [2.45, 2.75) is 31.5 Å². The lowest BCUT2D eigenvalue weighted by atomic mass is 9.78. The normalized spacial score (nSPS) is 30.6. The molecule has 7 nitrogen and oxygen atoms in total. The lowest BCUT2D eigenvalue weighted by molar-refractivity contribution is -0.154. The van der Waals surface area contributed by atoms with Gasteiger partial charge in [-0.3, -0.25) is 24.6 Å². The number of fused-ring (bicyclic) bond motifs is 1. The van der Waals surface area contributed by atoms with Gasteiger partial charge in [0.25, 0.3) is 0 Å². The largest absolute Gasteiger partial charge is 0.468 e. The Bertz CT molecular complexity index is 708. The standard InChI is InChI=1S/C19H25N3O4/c1-4-19(18(25)26-3)15-14(13(21-19)10-20-2)16(23)22(17(15)24)11-12-8-6-5-7-9-12/h5-9,13-15,20-21H,4,10-11H2,1-3H3/t13-,14+,15-,19-/m1/s1. The van der Waals surface area contributed by atoms with Gasteiger partial charge in [-0.15, -0.1) is 0 Å². The third-order valence-electron chi connectivity index (χ3n) is 5.56. The predicted molar refractivity (Wildman–Crippen MR) is 94.9 cm³/mol. The molecule has 2 amide bonds. The van der Waals surface area contributed by atoms with Crippen LogP contribution in [0, 0.1) is 11.8 Å². The Balaban J connectivity index is 1.98. The van der Waals surface area contributed by atoms with Crippen molar-refractivity contribution >= 4 is 17.8 Å². The van der Waals surface area contributed by atoms with Crippen molar-refractivity contribution in [1.29, 1.82) is 0 Å². The summed E-state index contributed by atoms with van der Waals surface area (Å²) in [6.07, 6.45) is 0.374. The lowest BCUT2D eigenvalue weighted by Crippen LogP contribution is -2.57. The lowest BCUT2D eigenvalue weighted by Gasteiger charge is -2.31. The first-order chi connectivity index (χ1) is 12.5. The molecule has 140 valence electrons. The Morgan fingerprint density at radius 2 is 1.96 bits per heavy atom. The summed E-state index contributed by atoms with van der Waals surface area (Å²) in [5, 5.41) is 6.29. The number of ether oxygens (including phenoxy) is 1. The first kappa shape index (κ1) is 18.5. The fourth-order valence-corrected chi connectivity index (χ4v) is 4.34. The number of methoxy groups -OCH3 is 1. The number of esters is 1. The van der Waals surface area contributed by atoms with Crippen molar-refractivity contribution in [3.63, 3.8) is 0 Å². The van der Waals surface area contributed by atoms with Gasteiger partial charge in [0, 0.05) is 12.6 Å². The van der Waals surface area contributed by atoms with E-state index in [0.717, 1.165) is 5.56 Å². The fraction of sp³-hybridized carbons (Fsp3) is 0.526. The zero-order chi connectivity index (χ0) is 18.9. The zero-order valence-corrected chi connectivity index (χ0v) is 15.3. The number of hydrogen-bond acceptors (Lipinski definition) is 6. The Morgan fingerprint density at radius 1 is 1.27 bits per heavy atom. The first-order valence-corrected chi connectivity index (χ1v) is 8.90. The molecule has 4 atom stereocenters. The number of likely N-dealkylation sites (N-methyl/N-ethyl adjacent to an activating group) is 1. The van der Waals surface area contributed by atoms with Crippen LogP contribution in [0.3, 0.4) is 0 Å². The maximum atomic E-state index is 13.2. The van der Waals surface area contributed by atoms with Crippen molar-refractivity contribution in [2.75, 3.05) is 20.7 Å². The molecule has 2 saturated heterocycles. The molecule has 2 aliphatic rings. The van der Waals surface area contributed by atoms with E-state index in [1.807, 2.05) is 37.3 Å². The van der Waals surface area contributed by atoms with Crippen LogP contribution in [-0.4, -0.2) is 55.0 Å². The van der Waals surface area contributed by atoms with E-state index in [1.165, 1.54) is 12.0 Å². The molecular formula is C19H25N3O4. The third kappa shape index (κ3) is 2.71. The molecule has 0 spiro atoms. The van der Waals surface area contributed by atoms with Crippen molar-refractivity contribution in [3.8, 4) is 0 Å². The number of nitrogens with zero attached hydrogens (tertiary/aromatic N) is 1. The number of imide groups is 1. The van der Waals surface area contributed by atoms with Crippen LogP contribution in [-0.2, 0) is 25.7 Å². The minimum atomic E-state index is -1.17. The van der Waals surface area contributed by atoms with Gasteiger partial charge >= 0.3 is 5.97 Å². The van der Waals surface area contributed by atoms with Crippen LogP contribution in [0.4, 0.5) is 0 Å². The summed E-state index contributed by atoms with van der Waals surface area (Å²) in [6.45, 7) is 2.54. The second-order valence-electron chi connectivity index (χ2n) is 6.88. The summed E-state index contributed by atoms with van der Waals surface area (Å²) in [6, 6.07) is 9.09. The summed E-state index contributed by atoms with van der Waals surface area (Å²) >= 11 is 0. The third-order valence-corrected chi connectivity index (χ3v) is 5.56. The topological polar surface area (TPSA) is 87.7 Å². The molecule has 0 aromatic heterocycles. The predicted octanol–water partition coefficient (Wildman–Crippen LogP) is 0.301. The quantitative estimate of drug-likeness (QED) is 0.561. The average Bonchev–Trinajstić information content (AvgIpc) is 3.12. The van der Waals surface area contributed by atoms with Gasteiger partial charge in [-0.2, -0.15) is 0 Å². The number of hydrogen-bond donors (Lipinski definition) is 2. The number of benzene rings is 1. The van der Waals surface area contributed by atoms with E-state index in [1.54, 1.807) is 7.05 Å². The Morgan fingerprint density at radius 3 is 2.54 bits per heavy atom. The van der Waals surface area contributed by atoms with Crippen LogP contribution < -0.4 is 10.6 Å². The van der Waals surface area contributed by atoms with Gasteiger partial charge in [-0.25, -0.2) is 0 Å². The summed E-state index contributed by atoms with van der Waals surface area (Å²) < 4.78 is 5.00. The highest BCUT2D eigenvalue weighted by Gasteiger charge is 2.67. The number of carbonyl (C=O) groups is 3. The molecule has 7 heteroatoms. The van der Waals surface area contributed by atoms with Gasteiger partial charge in [-0.1, -0.05) is 37.3 Å². The van der Waals surface area contributed by atoms with E-state index >= 15 is 0 Å². The van der Waals surface area contributed by atoms with Gasteiger partial charge in [0.1, 0.15) is 5.54 Å². The molecule has 3 rings (SSSR count). The molecule has 2 fully saturated rings. The van der Waals surface area contributed by atoms with E-state index < -0.39 is 23.3 Å². The minimum absolute atomic E-state index is 0.221. The maximum Gasteiger partial charge on any atom is 0.326 e. The molecule has 1 aromatic carbocycles. The highest BCUT2D eigenvalue weighted by molar-refractivity contribution is 6.09. The molecule has 0 saturated carbocycles. The Hall–Kier alpha value is -2.25. The number of amides is 2. The fourth-order valence-electron chi connectivity index (χ4n) is 4.34. The SMILES string of the molecule is CC[C@@]1(C(=O)OC)N[C@H](CNC)[C@@H]2C(=O)N(Cc3ccccc3)C(=O)[C@@H]21. The monoisotopic (exact) mass is 359 g/mol. The maximum absolute atomic E-state index is 13.2. The summed E-state index contributed by atoms with van der Waals surface area (Å²) in [5.41, 5.74) is -0.286. The summed E-state index contributed by atoms with van der Waals surface area (Å²) in [5.74, 6) is -2.33. The van der Waals surface area contributed by atoms with Crippen LogP contribution in [0.2, 0.25) is 0 Å². The van der Waals surface area contributed by atoms with Crippen molar-refractivity contribution in [1.82, 2.24) is 15.5 Å². The van der Waals surface area contributed by atoms with Crippen LogP contribution in [0.1, 0.15) is 18.9 Å². The zero-order valence-electron chi connectivity index (χ0n) is 15.3. The highest BCUT2D eigenvalue weighted by atomic mass is 16.5. The molecule has 1 aromatic rings. The van der Waals surface area contributed by atoms with Gasteiger partial charge < -0.3 is 10.1 Å². The Labute approximate surface area is 153 Å². The minimum Gasteiger partial charge on any atom is -0.468 e. The summed E-state index contributed by atoms with van der Waals surface area (Å²) in [7, 11) is 3.09. The van der Waals surface area contributed by atoms with Crippen LogP contribution >= 0.6 is 0 Å². The van der Waals surface area contributed by atoms with E-state index in [2.05, 4.69) is 10.6 Å². The van der Waals surface area contributed by atoms with Crippen LogP contribution in [0.5, 0.6) is 0 Å². The van der Waals surface area contributed by atoms with Crippen LogP contribution in [0.15, 0.2) is 30.3 Å². The first-order valence-electron chi connectivity index (χ1n) is 8.90. The number of carbonyl (C=O) groups excluding carboxylic acids is 3. The second-order valence-corrected chi connectivity index (χ2v) is 6.88. The van der Waals surface area contributed by atoms with Crippen molar-refractivity contribution < 1.29 is 19.1 Å². The number of likely N-dealkylation sites (tertiary alicyclic amines) is 1. The molecule has 0 aliphatic carbocycles. The van der Waals surface area contributed by atoms with Crippen molar-refractivity contribution in [3.05, 3.63) is 35.9 Å². The summed E-state index contributed by atoms with van der Waals surface area (Å²) in [4.78, 5) is 40.2. The average molecular weight is 359 g/mol. The van der Waals surface area contributed by atoms with Crippen LogP contribution in [0.25, 0.3) is 0 Å². The van der Waals surface area contributed by atoms with Gasteiger partial charge in [0.05, 0.1) is 25.5 Å². The molecule has 0 bridgehead atoms. The van der Waals surface area contributed by atoms with Gasteiger partial charge in [-0.05, 0) is 19.0 Å². The second kappa shape index (κ2) is 7.17. The smallest absolute Gasteiger partial charge is 0.326 e. The van der Waals surface area contributed by atoms with Gasteiger partial charge in [0.2, 0.25) is 11.8 Å². The molecule has 26 heavy (non-hydrogen) atoms. The Kier molecular flexibility index (Phi) is 5.11. The van der Waals surface area contributed by atoms with E-state index in [0.29, 0.717) is 13.0 Å². The number of nitrogens with one attached hydrogen (secondary N) is 2. The molecule has 2 aliphatic heterocycles. The number of rotatable bonds is 6. The molecule has 0 unspecified atom stereocenters. The molecular weight excluding hydrogens is 334 g/mol. The molecule has 2 heterocycles. The van der Waals surface area contributed by atoms with E-state index in [-0.39, 0.29) is 24.4 Å². The molecule has 2 N–H and O–H groups in total. The van der Waals surface area contributed by atoms with Gasteiger partial charge in [0.15, 0.2) is 0 Å². The highest BCUT2D eigenvalue weighted by Crippen LogP contribution is 2.45. The van der Waals surface area contributed by atoms with Crippen molar-refractivity contribution in [2.24, 2.45) is 11.8 Å². The molecule has 0 radical (unpaired) electrons. The van der Waals surface area contributed by atoms with E-state index in [9.17, 15) is 14.4 Å². The van der Waals surface area contributed by atoms with E-state index in [4.69, 9.17) is 4.74 Å².